The minimum absolute atomic E-state index is 0.106. The molecule has 0 saturated carbocycles. The van der Waals surface area contributed by atoms with Crippen LogP contribution in [0.25, 0.3) is 0 Å². The van der Waals surface area contributed by atoms with E-state index in [0.29, 0.717) is 5.50 Å². The standard InChI is InChI=1S/C11H16Cl2OSi/c1-9(2)14-15(13,8-12)11-6-4-10(3)5-7-11/h4-7,9H,8H2,1-3H3. The second kappa shape index (κ2) is 5.35. The quantitative estimate of drug-likeness (QED) is 0.461. The molecule has 15 heavy (non-hydrogen) atoms. The van der Waals surface area contributed by atoms with Crippen LogP contribution in [0, 0.1) is 6.92 Å². The van der Waals surface area contributed by atoms with Gasteiger partial charge in [-0.1, -0.05) is 29.8 Å². The predicted octanol–water partition coefficient (Wildman–Crippen LogP) is 3.09. The zero-order chi connectivity index (χ0) is 11.5. The average Bonchev–Trinajstić information content (AvgIpc) is 2.17. The van der Waals surface area contributed by atoms with Gasteiger partial charge >= 0.3 is 7.63 Å². The maximum Gasteiger partial charge on any atom is 0.337 e. The van der Waals surface area contributed by atoms with E-state index in [2.05, 4.69) is 0 Å². The van der Waals surface area contributed by atoms with E-state index in [0.717, 1.165) is 5.19 Å². The van der Waals surface area contributed by atoms with Crippen molar-refractivity contribution in [2.75, 3.05) is 5.50 Å². The average molecular weight is 263 g/mol. The fraction of sp³-hybridized carbons (Fsp3) is 0.455. The van der Waals surface area contributed by atoms with Crippen LogP contribution >= 0.6 is 22.7 Å². The molecule has 0 aliphatic rings. The number of rotatable bonds is 4. The molecule has 1 atom stereocenters. The van der Waals surface area contributed by atoms with E-state index in [1.165, 1.54) is 5.56 Å². The molecule has 1 unspecified atom stereocenters. The summed E-state index contributed by atoms with van der Waals surface area (Å²) in [6.45, 7) is 6.00. The molecule has 0 fully saturated rings. The van der Waals surface area contributed by atoms with Gasteiger partial charge in [0, 0.05) is 6.10 Å². The molecule has 0 aliphatic heterocycles. The van der Waals surface area contributed by atoms with Crippen molar-refractivity contribution in [3.63, 3.8) is 0 Å². The Morgan fingerprint density at radius 1 is 1.27 bits per heavy atom. The summed E-state index contributed by atoms with van der Waals surface area (Å²) in [6.07, 6.45) is 0.106. The summed E-state index contributed by atoms with van der Waals surface area (Å²) >= 11 is 12.4. The lowest BCUT2D eigenvalue weighted by Crippen LogP contribution is -2.49. The highest BCUT2D eigenvalue weighted by molar-refractivity contribution is 7.25. The molecule has 0 N–H and O–H groups in total. The molecule has 1 rings (SSSR count). The molecule has 84 valence electrons. The van der Waals surface area contributed by atoms with Crippen molar-refractivity contribution in [2.45, 2.75) is 26.9 Å². The Labute approximate surface area is 102 Å². The summed E-state index contributed by atoms with van der Waals surface area (Å²) in [5, 5.41) is 1.04. The molecule has 0 aromatic heterocycles. The van der Waals surface area contributed by atoms with Crippen LogP contribution in [0.5, 0.6) is 0 Å². The van der Waals surface area contributed by atoms with E-state index in [-0.39, 0.29) is 6.10 Å². The van der Waals surface area contributed by atoms with E-state index in [1.54, 1.807) is 0 Å². The third-order valence-corrected chi connectivity index (χ3v) is 7.32. The van der Waals surface area contributed by atoms with Crippen molar-refractivity contribution in [1.29, 1.82) is 0 Å². The van der Waals surface area contributed by atoms with Gasteiger partial charge in [0.1, 0.15) is 0 Å². The summed E-state index contributed by atoms with van der Waals surface area (Å²) in [5.41, 5.74) is 1.58. The van der Waals surface area contributed by atoms with Crippen molar-refractivity contribution in [2.24, 2.45) is 0 Å². The molecular weight excluding hydrogens is 247 g/mol. The molecule has 1 aromatic carbocycles. The van der Waals surface area contributed by atoms with Crippen molar-refractivity contribution >= 4 is 35.5 Å². The number of benzene rings is 1. The highest BCUT2D eigenvalue weighted by Crippen LogP contribution is 2.16. The Morgan fingerprint density at radius 3 is 2.20 bits per heavy atom. The van der Waals surface area contributed by atoms with Crippen LogP contribution in [0.2, 0.25) is 0 Å². The Hall–Kier alpha value is -0.0231. The van der Waals surface area contributed by atoms with Gasteiger partial charge in [0.15, 0.2) is 0 Å². The smallest absolute Gasteiger partial charge is 0.337 e. The summed E-state index contributed by atoms with van der Waals surface area (Å²) in [4.78, 5) is 0. The molecule has 0 radical (unpaired) electrons. The third-order valence-electron chi connectivity index (χ3n) is 2.08. The Kier molecular flexibility index (Phi) is 4.65. The summed E-state index contributed by atoms with van der Waals surface area (Å²) in [7, 11) is -2.45. The molecule has 4 heteroatoms. The molecular formula is C11H16Cl2OSi. The molecule has 1 nitrogen and oxygen atoms in total. The number of hydrogen-bond acceptors (Lipinski definition) is 1. The van der Waals surface area contributed by atoms with Gasteiger partial charge in [0.2, 0.25) is 0 Å². The van der Waals surface area contributed by atoms with Crippen molar-refractivity contribution in [1.82, 2.24) is 0 Å². The third kappa shape index (κ3) is 3.49. The number of hydrogen-bond donors (Lipinski definition) is 0. The first-order valence-electron chi connectivity index (χ1n) is 4.98. The predicted molar refractivity (Wildman–Crippen MR) is 69.4 cm³/mol. The van der Waals surface area contributed by atoms with Crippen LogP contribution in [0.3, 0.4) is 0 Å². The molecule has 0 saturated heterocycles. The fourth-order valence-electron chi connectivity index (χ4n) is 1.35. The van der Waals surface area contributed by atoms with Crippen LogP contribution in [0.15, 0.2) is 24.3 Å². The van der Waals surface area contributed by atoms with Gasteiger partial charge < -0.3 is 4.43 Å². The second-order valence-corrected chi connectivity index (χ2v) is 9.07. The van der Waals surface area contributed by atoms with Gasteiger partial charge in [-0.25, -0.2) is 0 Å². The van der Waals surface area contributed by atoms with Crippen molar-refractivity contribution < 1.29 is 4.43 Å². The van der Waals surface area contributed by atoms with Gasteiger partial charge in [-0.15, -0.1) is 22.7 Å². The van der Waals surface area contributed by atoms with Crippen LogP contribution < -0.4 is 5.19 Å². The normalized spacial score (nSPS) is 15.3. The first kappa shape index (κ1) is 13.0. The Bertz CT molecular complexity index is 313. The number of halogens is 2. The van der Waals surface area contributed by atoms with Gasteiger partial charge in [-0.05, 0) is 26.0 Å². The second-order valence-electron chi connectivity index (χ2n) is 3.89. The fourth-order valence-corrected chi connectivity index (χ4v) is 4.68. The lowest BCUT2D eigenvalue weighted by Gasteiger charge is -2.25. The van der Waals surface area contributed by atoms with Crippen LogP contribution in [-0.2, 0) is 4.43 Å². The van der Waals surface area contributed by atoms with E-state index in [4.69, 9.17) is 27.1 Å². The molecule has 0 aliphatic carbocycles. The zero-order valence-electron chi connectivity index (χ0n) is 9.26. The molecule has 0 amide bonds. The highest BCUT2D eigenvalue weighted by Gasteiger charge is 2.35. The molecule has 1 aromatic rings. The first-order valence-corrected chi connectivity index (χ1v) is 8.64. The van der Waals surface area contributed by atoms with Crippen LogP contribution in [-0.4, -0.2) is 19.2 Å². The zero-order valence-corrected chi connectivity index (χ0v) is 11.8. The topological polar surface area (TPSA) is 9.23 Å². The summed E-state index contributed by atoms with van der Waals surface area (Å²) in [6, 6.07) is 8.10. The van der Waals surface area contributed by atoms with E-state index < -0.39 is 7.63 Å². The largest absolute Gasteiger partial charge is 0.397 e. The first-order chi connectivity index (χ1) is 6.98. The summed E-state index contributed by atoms with van der Waals surface area (Å²) in [5.74, 6) is 0. The van der Waals surface area contributed by atoms with Gasteiger partial charge in [0.05, 0.1) is 5.50 Å². The van der Waals surface area contributed by atoms with Gasteiger partial charge in [-0.2, -0.15) is 0 Å². The SMILES string of the molecule is Cc1ccc([Si](Cl)(CCl)OC(C)C)cc1. The minimum Gasteiger partial charge on any atom is -0.397 e. The van der Waals surface area contributed by atoms with Gasteiger partial charge in [-0.3, -0.25) is 0 Å². The van der Waals surface area contributed by atoms with E-state index >= 15 is 0 Å². The molecule has 0 spiro atoms. The molecule has 0 bridgehead atoms. The van der Waals surface area contributed by atoms with E-state index in [9.17, 15) is 0 Å². The van der Waals surface area contributed by atoms with Crippen LogP contribution in [0.4, 0.5) is 0 Å². The Balaban J connectivity index is 2.95. The van der Waals surface area contributed by atoms with E-state index in [1.807, 2.05) is 45.0 Å². The highest BCUT2D eigenvalue weighted by atomic mass is 35.6. The number of aryl methyl sites for hydroxylation is 1. The lowest BCUT2D eigenvalue weighted by atomic mass is 10.2. The molecule has 0 heterocycles. The van der Waals surface area contributed by atoms with Gasteiger partial charge in [0.25, 0.3) is 0 Å². The monoisotopic (exact) mass is 262 g/mol. The lowest BCUT2D eigenvalue weighted by molar-refractivity contribution is 0.245. The van der Waals surface area contributed by atoms with Crippen molar-refractivity contribution in [3.05, 3.63) is 29.8 Å². The summed E-state index contributed by atoms with van der Waals surface area (Å²) < 4.78 is 5.79. The van der Waals surface area contributed by atoms with Crippen molar-refractivity contribution in [3.8, 4) is 0 Å². The Morgan fingerprint density at radius 2 is 1.80 bits per heavy atom. The number of alkyl halides is 1. The minimum atomic E-state index is -2.45. The van der Waals surface area contributed by atoms with Crippen LogP contribution in [0.1, 0.15) is 19.4 Å². The maximum absolute atomic E-state index is 6.48. The maximum atomic E-state index is 6.48.